The van der Waals surface area contributed by atoms with Crippen molar-refractivity contribution in [3.8, 4) is 0 Å². The van der Waals surface area contributed by atoms with Crippen LogP contribution in [0.25, 0.3) is 0 Å². The number of nitrogens with one attached hydrogen (secondary N) is 1. The minimum absolute atomic E-state index is 0.109. The van der Waals surface area contributed by atoms with Crippen molar-refractivity contribution >= 4 is 5.91 Å². The fourth-order valence-electron chi connectivity index (χ4n) is 2.75. The molecule has 2 atom stereocenters. The van der Waals surface area contributed by atoms with Crippen molar-refractivity contribution in [2.45, 2.75) is 57.2 Å². The fourth-order valence-corrected chi connectivity index (χ4v) is 2.75. The van der Waals surface area contributed by atoms with Crippen LogP contribution in [0.1, 0.15) is 45.4 Å². The Labute approximate surface area is 103 Å². The lowest BCUT2D eigenvalue weighted by atomic mass is 9.88. The number of carbonyl (C=O) groups is 1. The molecule has 1 saturated heterocycles. The van der Waals surface area contributed by atoms with Crippen LogP contribution < -0.4 is 5.32 Å². The molecule has 0 radical (unpaired) electrons. The minimum atomic E-state index is -0.871. The van der Waals surface area contributed by atoms with Crippen LogP contribution in [0, 0.1) is 5.92 Å². The molecule has 2 unspecified atom stereocenters. The zero-order valence-corrected chi connectivity index (χ0v) is 10.6. The first kappa shape index (κ1) is 12.8. The maximum atomic E-state index is 11.9. The molecule has 0 spiro atoms. The Hall–Kier alpha value is -0.610. The molecule has 1 saturated carbocycles. The predicted octanol–water partition coefficient (Wildman–Crippen LogP) is 1.22. The number of rotatable bonds is 3. The Balaban J connectivity index is 1.79. The van der Waals surface area contributed by atoms with Crippen LogP contribution >= 0.6 is 0 Å². The van der Waals surface area contributed by atoms with Gasteiger partial charge in [0.15, 0.2) is 0 Å². The summed E-state index contributed by atoms with van der Waals surface area (Å²) in [4.78, 5) is 11.9. The van der Waals surface area contributed by atoms with Gasteiger partial charge in [-0.05, 0) is 19.8 Å². The average molecular weight is 241 g/mol. The fraction of sp³-hybridized carbons (Fsp3) is 0.923. The largest absolute Gasteiger partial charge is 0.385 e. The van der Waals surface area contributed by atoms with Crippen LogP contribution in [0.4, 0.5) is 0 Å². The Morgan fingerprint density at radius 2 is 2.12 bits per heavy atom. The Morgan fingerprint density at radius 1 is 1.41 bits per heavy atom. The zero-order valence-electron chi connectivity index (χ0n) is 10.6. The van der Waals surface area contributed by atoms with Gasteiger partial charge >= 0.3 is 0 Å². The van der Waals surface area contributed by atoms with Gasteiger partial charge in [-0.15, -0.1) is 0 Å². The Kier molecular flexibility index (Phi) is 4.05. The molecule has 4 heteroatoms. The summed E-state index contributed by atoms with van der Waals surface area (Å²) in [7, 11) is 0. The number of carbonyl (C=O) groups excluding carboxylic acids is 1. The maximum absolute atomic E-state index is 11.9. The molecule has 0 bridgehead atoms. The van der Waals surface area contributed by atoms with E-state index in [0.29, 0.717) is 19.6 Å². The second kappa shape index (κ2) is 5.36. The predicted molar refractivity (Wildman–Crippen MR) is 64.6 cm³/mol. The summed E-state index contributed by atoms with van der Waals surface area (Å²) >= 11 is 0. The first-order chi connectivity index (χ1) is 8.12. The number of hydrogen-bond donors (Lipinski definition) is 2. The minimum Gasteiger partial charge on any atom is -0.385 e. The first-order valence-corrected chi connectivity index (χ1v) is 6.73. The van der Waals surface area contributed by atoms with Gasteiger partial charge in [-0.3, -0.25) is 4.79 Å². The molecule has 2 N–H and O–H groups in total. The number of amides is 1. The highest BCUT2D eigenvalue weighted by molar-refractivity contribution is 5.78. The van der Waals surface area contributed by atoms with Crippen molar-refractivity contribution in [1.82, 2.24) is 5.32 Å². The van der Waals surface area contributed by atoms with Crippen molar-refractivity contribution < 1.29 is 14.6 Å². The second-order valence-electron chi connectivity index (χ2n) is 5.42. The molecule has 2 aliphatic rings. The van der Waals surface area contributed by atoms with Gasteiger partial charge in [0.2, 0.25) is 5.91 Å². The number of aliphatic hydroxyl groups is 1. The standard InChI is InChI=1S/C13H23NO3/c1-10-13(16,7-8-17-10)9-14-12(15)11-5-3-2-4-6-11/h10-11,16H,2-9H2,1H3,(H,14,15). The molecule has 0 aromatic rings. The van der Waals surface area contributed by atoms with E-state index >= 15 is 0 Å². The lowest BCUT2D eigenvalue weighted by Crippen LogP contribution is -2.48. The number of hydrogen-bond acceptors (Lipinski definition) is 3. The Bertz CT molecular complexity index is 276. The topological polar surface area (TPSA) is 58.6 Å². The summed E-state index contributed by atoms with van der Waals surface area (Å²) in [6.45, 7) is 2.76. The van der Waals surface area contributed by atoms with E-state index in [0.717, 1.165) is 25.7 Å². The van der Waals surface area contributed by atoms with Crippen LogP contribution in [0.15, 0.2) is 0 Å². The number of ether oxygens (including phenoxy) is 1. The van der Waals surface area contributed by atoms with Gasteiger partial charge in [-0.2, -0.15) is 0 Å². The third kappa shape index (κ3) is 2.99. The highest BCUT2D eigenvalue weighted by Crippen LogP contribution is 2.26. The van der Waals surface area contributed by atoms with Gasteiger partial charge in [0.25, 0.3) is 0 Å². The smallest absolute Gasteiger partial charge is 0.223 e. The van der Waals surface area contributed by atoms with E-state index in [1.807, 2.05) is 6.92 Å². The van der Waals surface area contributed by atoms with Gasteiger partial charge in [-0.25, -0.2) is 0 Å². The van der Waals surface area contributed by atoms with E-state index in [4.69, 9.17) is 4.74 Å². The quantitative estimate of drug-likeness (QED) is 0.781. The average Bonchev–Trinajstić information content (AvgIpc) is 2.68. The van der Waals surface area contributed by atoms with E-state index in [9.17, 15) is 9.90 Å². The van der Waals surface area contributed by atoms with Gasteiger partial charge in [0.1, 0.15) is 5.60 Å². The van der Waals surface area contributed by atoms with Crippen molar-refractivity contribution in [3.05, 3.63) is 0 Å². The summed E-state index contributed by atoms with van der Waals surface area (Å²) in [5, 5.41) is 13.2. The zero-order chi connectivity index (χ0) is 12.3. The van der Waals surface area contributed by atoms with Crippen LogP contribution in [0.3, 0.4) is 0 Å². The summed E-state index contributed by atoms with van der Waals surface area (Å²) in [5.74, 6) is 0.266. The van der Waals surface area contributed by atoms with Crippen LogP contribution in [0.2, 0.25) is 0 Å². The van der Waals surface area contributed by atoms with E-state index in [1.54, 1.807) is 0 Å². The molecular formula is C13H23NO3. The van der Waals surface area contributed by atoms with Gasteiger partial charge < -0.3 is 15.2 Å². The molecule has 1 aliphatic heterocycles. The summed E-state index contributed by atoms with van der Waals surface area (Å²) in [6, 6.07) is 0. The molecule has 98 valence electrons. The first-order valence-electron chi connectivity index (χ1n) is 6.73. The molecule has 1 aliphatic carbocycles. The highest BCUT2D eigenvalue weighted by Gasteiger charge is 2.40. The second-order valence-corrected chi connectivity index (χ2v) is 5.42. The lowest BCUT2D eigenvalue weighted by molar-refractivity contribution is -0.127. The van der Waals surface area contributed by atoms with E-state index in [2.05, 4.69) is 5.32 Å². The maximum Gasteiger partial charge on any atom is 0.223 e. The van der Waals surface area contributed by atoms with Crippen LogP contribution in [-0.2, 0) is 9.53 Å². The SMILES string of the molecule is CC1OCCC1(O)CNC(=O)C1CCCCC1. The molecule has 2 rings (SSSR count). The summed E-state index contributed by atoms with van der Waals surface area (Å²) in [6.07, 6.45) is 5.97. The van der Waals surface area contributed by atoms with Crippen molar-refractivity contribution in [3.63, 3.8) is 0 Å². The summed E-state index contributed by atoms with van der Waals surface area (Å²) < 4.78 is 5.34. The van der Waals surface area contributed by atoms with Crippen molar-refractivity contribution in [1.29, 1.82) is 0 Å². The molecule has 0 aromatic heterocycles. The van der Waals surface area contributed by atoms with E-state index < -0.39 is 5.60 Å². The van der Waals surface area contributed by atoms with Crippen molar-refractivity contribution in [2.24, 2.45) is 5.92 Å². The molecule has 1 amide bonds. The molecular weight excluding hydrogens is 218 g/mol. The molecule has 4 nitrogen and oxygen atoms in total. The van der Waals surface area contributed by atoms with Gasteiger partial charge in [0.05, 0.1) is 6.10 Å². The molecule has 17 heavy (non-hydrogen) atoms. The third-order valence-corrected chi connectivity index (χ3v) is 4.20. The molecule has 2 fully saturated rings. The van der Waals surface area contributed by atoms with E-state index in [-0.39, 0.29) is 17.9 Å². The monoisotopic (exact) mass is 241 g/mol. The summed E-state index contributed by atoms with van der Waals surface area (Å²) in [5.41, 5.74) is -0.871. The Morgan fingerprint density at radius 3 is 2.71 bits per heavy atom. The third-order valence-electron chi connectivity index (χ3n) is 4.20. The van der Waals surface area contributed by atoms with E-state index in [1.165, 1.54) is 6.42 Å². The van der Waals surface area contributed by atoms with Gasteiger partial charge in [0, 0.05) is 25.5 Å². The van der Waals surface area contributed by atoms with Crippen LogP contribution in [-0.4, -0.2) is 35.9 Å². The van der Waals surface area contributed by atoms with Crippen molar-refractivity contribution in [2.75, 3.05) is 13.2 Å². The molecule has 1 heterocycles. The van der Waals surface area contributed by atoms with Gasteiger partial charge in [-0.1, -0.05) is 19.3 Å². The lowest BCUT2D eigenvalue weighted by Gasteiger charge is -2.28. The van der Waals surface area contributed by atoms with Crippen LogP contribution in [0.5, 0.6) is 0 Å². The normalized spacial score (nSPS) is 34.8. The highest BCUT2D eigenvalue weighted by atomic mass is 16.5. The molecule has 0 aromatic carbocycles.